The number of fused-ring (bicyclic) bond motifs is 1. The van der Waals surface area contributed by atoms with Crippen molar-refractivity contribution in [2.45, 2.75) is 51.6 Å². The average Bonchev–Trinajstić information content (AvgIpc) is 2.97. The van der Waals surface area contributed by atoms with E-state index >= 15 is 0 Å². The summed E-state index contributed by atoms with van der Waals surface area (Å²) in [7, 11) is 0. The van der Waals surface area contributed by atoms with Gasteiger partial charge in [0.15, 0.2) is 0 Å². The Bertz CT molecular complexity index is 446. The Morgan fingerprint density at radius 2 is 2.05 bits per heavy atom. The van der Waals surface area contributed by atoms with Gasteiger partial charge in [-0.1, -0.05) is 20.8 Å². The van der Waals surface area contributed by atoms with Crippen LogP contribution in [0.25, 0.3) is 0 Å². The zero-order chi connectivity index (χ0) is 13.6. The van der Waals surface area contributed by atoms with E-state index in [1.807, 2.05) is 11.3 Å². The van der Waals surface area contributed by atoms with Crippen molar-refractivity contribution in [2.75, 3.05) is 13.1 Å². The van der Waals surface area contributed by atoms with Crippen LogP contribution in [0.1, 0.15) is 43.4 Å². The number of hydrogen-bond donors (Lipinski definition) is 1. The summed E-state index contributed by atoms with van der Waals surface area (Å²) >= 11 is 1.98. The highest BCUT2D eigenvalue weighted by atomic mass is 32.1. The van der Waals surface area contributed by atoms with Crippen molar-refractivity contribution in [2.24, 2.45) is 17.6 Å². The molecule has 0 radical (unpaired) electrons. The Balaban J connectivity index is 1.62. The molecule has 3 unspecified atom stereocenters. The summed E-state index contributed by atoms with van der Waals surface area (Å²) in [6, 6.07) is 5.09. The van der Waals surface area contributed by atoms with Gasteiger partial charge < -0.3 is 5.73 Å². The first-order valence-corrected chi connectivity index (χ1v) is 8.32. The second kappa shape index (κ2) is 4.87. The van der Waals surface area contributed by atoms with Gasteiger partial charge in [0, 0.05) is 35.4 Å². The maximum Gasteiger partial charge on any atom is 0.0328 e. The molecule has 3 atom stereocenters. The van der Waals surface area contributed by atoms with Crippen LogP contribution >= 0.6 is 11.3 Å². The van der Waals surface area contributed by atoms with Gasteiger partial charge in [-0.25, -0.2) is 0 Å². The molecule has 3 rings (SSSR count). The SMILES string of the molecule is CC(C)(C)c1ccc(CN2CC3CCC(N)C3C2)s1. The summed E-state index contributed by atoms with van der Waals surface area (Å²) < 4.78 is 0. The molecule has 1 aromatic heterocycles. The molecule has 2 aliphatic rings. The number of nitrogens with zero attached hydrogens (tertiary/aromatic N) is 1. The minimum atomic E-state index is 0.285. The summed E-state index contributed by atoms with van der Waals surface area (Å²) in [6.07, 6.45) is 2.59. The molecule has 0 spiro atoms. The number of rotatable bonds is 2. The Kier molecular flexibility index (Phi) is 3.48. The van der Waals surface area contributed by atoms with Crippen LogP contribution in [0.15, 0.2) is 12.1 Å². The molecule has 1 aliphatic carbocycles. The van der Waals surface area contributed by atoms with E-state index in [-0.39, 0.29) is 5.41 Å². The van der Waals surface area contributed by atoms with Crippen LogP contribution in [0.2, 0.25) is 0 Å². The third kappa shape index (κ3) is 2.74. The molecule has 1 aromatic rings. The lowest BCUT2D eigenvalue weighted by Crippen LogP contribution is -2.30. The largest absolute Gasteiger partial charge is 0.327 e. The van der Waals surface area contributed by atoms with Crippen LogP contribution in [0, 0.1) is 11.8 Å². The van der Waals surface area contributed by atoms with Gasteiger partial charge in [-0.2, -0.15) is 0 Å². The zero-order valence-electron chi connectivity index (χ0n) is 12.4. The van der Waals surface area contributed by atoms with Gasteiger partial charge in [-0.3, -0.25) is 4.90 Å². The molecule has 1 saturated heterocycles. The smallest absolute Gasteiger partial charge is 0.0328 e. The van der Waals surface area contributed by atoms with Crippen molar-refractivity contribution in [3.05, 3.63) is 21.9 Å². The molecule has 0 aromatic carbocycles. The normalized spacial score (nSPS) is 31.9. The van der Waals surface area contributed by atoms with Crippen LogP contribution in [-0.2, 0) is 12.0 Å². The Morgan fingerprint density at radius 1 is 1.26 bits per heavy atom. The van der Waals surface area contributed by atoms with Gasteiger partial charge in [-0.15, -0.1) is 11.3 Å². The van der Waals surface area contributed by atoms with Gasteiger partial charge in [0.1, 0.15) is 0 Å². The van der Waals surface area contributed by atoms with Gasteiger partial charge in [0.2, 0.25) is 0 Å². The summed E-state index contributed by atoms with van der Waals surface area (Å²) in [5.74, 6) is 1.64. The fourth-order valence-electron chi connectivity index (χ4n) is 3.62. The molecule has 0 bridgehead atoms. The van der Waals surface area contributed by atoms with Gasteiger partial charge in [0.25, 0.3) is 0 Å². The number of likely N-dealkylation sites (tertiary alicyclic amines) is 1. The molecule has 2 heterocycles. The summed E-state index contributed by atoms with van der Waals surface area (Å²) in [4.78, 5) is 5.63. The Labute approximate surface area is 121 Å². The molecule has 3 heteroatoms. The minimum absolute atomic E-state index is 0.285. The summed E-state index contributed by atoms with van der Waals surface area (Å²) in [5, 5.41) is 0. The van der Waals surface area contributed by atoms with E-state index in [1.54, 1.807) is 0 Å². The third-order valence-corrected chi connectivity index (χ3v) is 6.26. The van der Waals surface area contributed by atoms with Crippen LogP contribution < -0.4 is 5.73 Å². The molecule has 1 aliphatic heterocycles. The molecule has 1 saturated carbocycles. The summed E-state index contributed by atoms with van der Waals surface area (Å²) in [6.45, 7) is 10.5. The monoisotopic (exact) mass is 278 g/mol. The predicted molar refractivity (Wildman–Crippen MR) is 82.5 cm³/mol. The quantitative estimate of drug-likeness (QED) is 0.900. The van der Waals surface area contributed by atoms with E-state index in [4.69, 9.17) is 5.73 Å². The fraction of sp³-hybridized carbons (Fsp3) is 0.750. The van der Waals surface area contributed by atoms with Crippen LogP contribution in [0.3, 0.4) is 0 Å². The Hall–Kier alpha value is -0.380. The highest BCUT2D eigenvalue weighted by Crippen LogP contribution is 2.38. The highest BCUT2D eigenvalue weighted by Gasteiger charge is 2.40. The molecular weight excluding hydrogens is 252 g/mol. The van der Waals surface area contributed by atoms with Crippen molar-refractivity contribution in [3.63, 3.8) is 0 Å². The van der Waals surface area contributed by atoms with E-state index in [1.165, 1.54) is 35.7 Å². The van der Waals surface area contributed by atoms with Gasteiger partial charge >= 0.3 is 0 Å². The van der Waals surface area contributed by atoms with Crippen molar-refractivity contribution < 1.29 is 0 Å². The van der Waals surface area contributed by atoms with Crippen molar-refractivity contribution in [3.8, 4) is 0 Å². The van der Waals surface area contributed by atoms with Gasteiger partial charge in [-0.05, 0) is 42.2 Å². The first-order chi connectivity index (χ1) is 8.93. The molecule has 106 valence electrons. The number of nitrogens with two attached hydrogens (primary N) is 1. The molecule has 2 N–H and O–H groups in total. The first-order valence-electron chi connectivity index (χ1n) is 7.50. The Morgan fingerprint density at radius 3 is 2.68 bits per heavy atom. The van der Waals surface area contributed by atoms with E-state index in [0.717, 1.165) is 18.4 Å². The van der Waals surface area contributed by atoms with Crippen molar-refractivity contribution in [1.29, 1.82) is 0 Å². The molecule has 19 heavy (non-hydrogen) atoms. The minimum Gasteiger partial charge on any atom is -0.327 e. The lowest BCUT2D eigenvalue weighted by atomic mass is 9.95. The van der Waals surface area contributed by atoms with E-state index in [2.05, 4.69) is 37.8 Å². The molecule has 2 fully saturated rings. The van der Waals surface area contributed by atoms with E-state index < -0.39 is 0 Å². The third-order valence-electron chi connectivity index (χ3n) is 4.77. The zero-order valence-corrected chi connectivity index (χ0v) is 13.2. The standard InChI is InChI=1S/C16H26N2S/c1-16(2,3)15-7-5-12(19-15)9-18-8-11-4-6-14(17)13(11)10-18/h5,7,11,13-14H,4,6,8-10,17H2,1-3H3. The molecule has 2 nitrogen and oxygen atoms in total. The first kappa shape index (κ1) is 13.6. The topological polar surface area (TPSA) is 29.3 Å². The second-order valence-electron chi connectivity index (χ2n) is 7.38. The van der Waals surface area contributed by atoms with Crippen LogP contribution in [-0.4, -0.2) is 24.0 Å². The average molecular weight is 278 g/mol. The second-order valence-corrected chi connectivity index (χ2v) is 8.54. The van der Waals surface area contributed by atoms with Gasteiger partial charge in [0.05, 0.1) is 0 Å². The lowest BCUT2D eigenvalue weighted by molar-refractivity contribution is 0.300. The summed E-state index contributed by atoms with van der Waals surface area (Å²) in [5.41, 5.74) is 6.50. The lowest BCUT2D eigenvalue weighted by Gasteiger charge is -2.18. The van der Waals surface area contributed by atoms with Crippen molar-refractivity contribution in [1.82, 2.24) is 4.90 Å². The fourth-order valence-corrected chi connectivity index (χ4v) is 4.72. The molecule has 0 amide bonds. The van der Waals surface area contributed by atoms with Crippen LogP contribution in [0.4, 0.5) is 0 Å². The van der Waals surface area contributed by atoms with E-state index in [0.29, 0.717) is 6.04 Å². The number of thiophene rings is 1. The highest BCUT2D eigenvalue weighted by molar-refractivity contribution is 7.12. The van der Waals surface area contributed by atoms with Crippen LogP contribution in [0.5, 0.6) is 0 Å². The maximum atomic E-state index is 6.21. The number of hydrogen-bond acceptors (Lipinski definition) is 3. The van der Waals surface area contributed by atoms with E-state index in [9.17, 15) is 0 Å². The maximum absolute atomic E-state index is 6.21. The predicted octanol–water partition coefficient (Wildman–Crippen LogP) is 3.21. The molecular formula is C16H26N2S. The van der Waals surface area contributed by atoms with Crippen molar-refractivity contribution >= 4 is 11.3 Å².